The van der Waals surface area contributed by atoms with Gasteiger partial charge in [0.05, 0.1) is 12.7 Å². The molecule has 3 aromatic heterocycles. The molecular formula is C27H23F6N7O3. The number of nitrogens with one attached hydrogen (secondary N) is 1. The molecule has 226 valence electrons. The molecule has 4 heterocycles. The Kier molecular flexibility index (Phi) is 7.62. The molecule has 3 N–H and O–H groups in total. The van der Waals surface area contributed by atoms with Crippen molar-refractivity contribution in [3.05, 3.63) is 71.9 Å². The molecule has 1 aliphatic heterocycles. The monoisotopic (exact) mass is 607 g/mol. The number of piperidine rings is 1. The number of halogens is 6. The van der Waals surface area contributed by atoms with E-state index in [1.807, 2.05) is 0 Å². The molecule has 2 amide bonds. The first-order valence-electron chi connectivity index (χ1n) is 12.8. The van der Waals surface area contributed by atoms with Crippen LogP contribution in [0.25, 0.3) is 16.8 Å². The summed E-state index contributed by atoms with van der Waals surface area (Å²) in [6, 6.07) is 5.40. The van der Waals surface area contributed by atoms with Gasteiger partial charge in [-0.2, -0.15) is 26.3 Å². The molecule has 0 spiro atoms. The van der Waals surface area contributed by atoms with E-state index in [0.717, 1.165) is 19.4 Å². The molecule has 0 radical (unpaired) electrons. The second kappa shape index (κ2) is 11.1. The minimum atomic E-state index is -4.64. The molecule has 5 rings (SSSR count). The highest BCUT2D eigenvalue weighted by molar-refractivity contribution is 6.04. The van der Waals surface area contributed by atoms with E-state index in [9.17, 15) is 35.9 Å². The molecule has 43 heavy (non-hydrogen) atoms. The van der Waals surface area contributed by atoms with Crippen LogP contribution in [-0.2, 0) is 10.9 Å². The highest BCUT2D eigenvalue weighted by Crippen LogP contribution is 2.39. The number of benzene rings is 1. The zero-order chi connectivity index (χ0) is 31.1. The Morgan fingerprint density at radius 1 is 1.02 bits per heavy atom. The van der Waals surface area contributed by atoms with Gasteiger partial charge in [0, 0.05) is 42.2 Å². The number of pyridine rings is 1. The van der Waals surface area contributed by atoms with E-state index in [4.69, 9.17) is 10.7 Å². The minimum Gasteiger partial charge on any atom is -0.453 e. The lowest BCUT2D eigenvalue weighted by molar-refractivity contribution is -0.186. The van der Waals surface area contributed by atoms with E-state index in [0.29, 0.717) is 33.6 Å². The molecule has 0 bridgehead atoms. The number of hydrogen-bond donors (Lipinski definition) is 2. The van der Waals surface area contributed by atoms with Crippen LogP contribution in [0.4, 0.5) is 42.8 Å². The summed E-state index contributed by atoms with van der Waals surface area (Å²) in [6.07, 6.45) is -6.75. The Labute approximate surface area is 239 Å². The van der Waals surface area contributed by atoms with Crippen molar-refractivity contribution in [1.29, 1.82) is 0 Å². The lowest BCUT2D eigenvalue weighted by atomic mass is 9.92. The van der Waals surface area contributed by atoms with Crippen molar-refractivity contribution in [2.45, 2.75) is 37.2 Å². The van der Waals surface area contributed by atoms with Crippen LogP contribution in [0.5, 0.6) is 0 Å². The summed E-state index contributed by atoms with van der Waals surface area (Å²) < 4.78 is 86.2. The summed E-state index contributed by atoms with van der Waals surface area (Å²) in [6.45, 7) is -0.305. The molecule has 1 saturated heterocycles. The van der Waals surface area contributed by atoms with E-state index in [-0.39, 0.29) is 36.6 Å². The maximum absolute atomic E-state index is 13.7. The number of alkyl halides is 6. The van der Waals surface area contributed by atoms with Gasteiger partial charge in [0.2, 0.25) is 0 Å². The Morgan fingerprint density at radius 3 is 2.40 bits per heavy atom. The Morgan fingerprint density at radius 2 is 1.74 bits per heavy atom. The normalized spacial score (nSPS) is 17.6. The average Bonchev–Trinajstić information content (AvgIpc) is 3.37. The summed E-state index contributed by atoms with van der Waals surface area (Å²) in [4.78, 5) is 38.2. The van der Waals surface area contributed by atoms with Crippen molar-refractivity contribution in [2.75, 3.05) is 24.7 Å². The first kappa shape index (κ1) is 29.6. The molecule has 1 fully saturated rings. The van der Waals surface area contributed by atoms with E-state index >= 15 is 0 Å². The first-order chi connectivity index (χ1) is 20.3. The standard InChI is InChI=1S/C27H23F6N7O3/c1-43-25(42)40-13-16(6-7-18(40)27(31,32)33)23-38-20(21-22(34)36-10-11-39(21)23)14-2-4-15(5-3-14)24(41)37-19-12-17(8-9-35-19)26(28,29)30/h2-5,8-12,16,18H,6-7,13H2,1H3,(H2,34,36)(H,35,37,41)/t16-,18+/m0/s1. The van der Waals surface area contributed by atoms with Gasteiger partial charge >= 0.3 is 18.4 Å². The van der Waals surface area contributed by atoms with Gasteiger partial charge in [0.1, 0.15) is 34.7 Å². The number of amides is 2. The summed E-state index contributed by atoms with van der Waals surface area (Å²) >= 11 is 0. The highest BCUT2D eigenvalue weighted by Gasteiger charge is 2.49. The van der Waals surface area contributed by atoms with Crippen LogP contribution < -0.4 is 11.1 Å². The number of aromatic nitrogens is 4. The maximum Gasteiger partial charge on any atom is 0.416 e. The van der Waals surface area contributed by atoms with Gasteiger partial charge in [-0.3, -0.25) is 14.1 Å². The number of ether oxygens (including phenoxy) is 1. The van der Waals surface area contributed by atoms with Crippen LogP contribution >= 0.6 is 0 Å². The number of hydrogen-bond acceptors (Lipinski definition) is 7. The van der Waals surface area contributed by atoms with Gasteiger partial charge in [-0.05, 0) is 37.1 Å². The van der Waals surface area contributed by atoms with Crippen molar-refractivity contribution in [2.24, 2.45) is 0 Å². The number of carbonyl (C=O) groups excluding carboxylic acids is 2. The number of rotatable bonds is 4. The average molecular weight is 608 g/mol. The first-order valence-corrected chi connectivity index (χ1v) is 12.8. The number of fused-ring (bicyclic) bond motifs is 1. The van der Waals surface area contributed by atoms with Crippen LogP contribution in [0, 0.1) is 0 Å². The van der Waals surface area contributed by atoms with Crippen LogP contribution in [0.2, 0.25) is 0 Å². The summed E-state index contributed by atoms with van der Waals surface area (Å²) in [5.74, 6) is -1.16. The molecule has 0 aliphatic carbocycles. The second-order valence-electron chi connectivity index (χ2n) is 9.76. The summed E-state index contributed by atoms with van der Waals surface area (Å²) in [5.41, 5.74) is 6.48. The Bertz CT molecular complexity index is 1670. The van der Waals surface area contributed by atoms with Crippen LogP contribution in [-0.4, -0.2) is 62.1 Å². The largest absolute Gasteiger partial charge is 0.453 e. The molecule has 0 saturated carbocycles. The third kappa shape index (κ3) is 5.89. The molecule has 1 aromatic carbocycles. The number of carbonyl (C=O) groups is 2. The lowest BCUT2D eigenvalue weighted by Gasteiger charge is -2.38. The van der Waals surface area contributed by atoms with Crippen molar-refractivity contribution >= 4 is 29.2 Å². The molecule has 2 atom stereocenters. The summed E-state index contributed by atoms with van der Waals surface area (Å²) in [5, 5.41) is 2.33. The van der Waals surface area contributed by atoms with Crippen molar-refractivity contribution < 1.29 is 40.7 Å². The highest BCUT2D eigenvalue weighted by atomic mass is 19.4. The lowest BCUT2D eigenvalue weighted by Crippen LogP contribution is -2.53. The van der Waals surface area contributed by atoms with Crippen LogP contribution in [0.15, 0.2) is 55.0 Å². The summed E-state index contributed by atoms with van der Waals surface area (Å²) in [7, 11) is 1.01. The second-order valence-corrected chi connectivity index (χ2v) is 9.76. The molecule has 4 aromatic rings. The zero-order valence-corrected chi connectivity index (χ0v) is 22.3. The van der Waals surface area contributed by atoms with Gasteiger partial charge in [-0.15, -0.1) is 0 Å². The predicted molar refractivity (Wildman–Crippen MR) is 141 cm³/mol. The molecule has 0 unspecified atom stereocenters. The van der Waals surface area contributed by atoms with Gasteiger partial charge in [0.15, 0.2) is 0 Å². The third-order valence-electron chi connectivity index (χ3n) is 7.09. The van der Waals surface area contributed by atoms with Gasteiger partial charge in [-0.25, -0.2) is 19.7 Å². The number of imidazole rings is 1. The van der Waals surface area contributed by atoms with Gasteiger partial charge in [-0.1, -0.05) is 12.1 Å². The Balaban J connectivity index is 1.44. The van der Waals surface area contributed by atoms with E-state index in [2.05, 4.69) is 20.0 Å². The number of anilines is 2. The number of methoxy groups -OCH3 is 1. The van der Waals surface area contributed by atoms with E-state index < -0.39 is 41.9 Å². The number of likely N-dealkylation sites (tertiary alicyclic amines) is 1. The fourth-order valence-electron chi connectivity index (χ4n) is 5.06. The van der Waals surface area contributed by atoms with Crippen molar-refractivity contribution in [3.8, 4) is 11.3 Å². The van der Waals surface area contributed by atoms with Crippen molar-refractivity contribution in [3.63, 3.8) is 0 Å². The topological polar surface area (TPSA) is 128 Å². The number of nitrogen functional groups attached to an aromatic ring is 1. The minimum absolute atomic E-state index is 0.0706. The molecule has 1 aliphatic rings. The number of nitrogens with zero attached hydrogens (tertiary/aromatic N) is 5. The fourth-order valence-corrected chi connectivity index (χ4v) is 5.06. The van der Waals surface area contributed by atoms with E-state index in [1.54, 1.807) is 10.6 Å². The fraction of sp³-hybridized carbons (Fsp3) is 0.296. The molecular weight excluding hydrogens is 584 g/mol. The van der Waals surface area contributed by atoms with Crippen LogP contribution in [0.1, 0.15) is 40.5 Å². The Hall–Kier alpha value is -4.89. The number of nitrogens with two attached hydrogens (primary N) is 1. The molecule has 10 nitrogen and oxygen atoms in total. The van der Waals surface area contributed by atoms with Crippen molar-refractivity contribution in [1.82, 2.24) is 24.3 Å². The van der Waals surface area contributed by atoms with Gasteiger partial charge in [0.25, 0.3) is 5.91 Å². The quantitative estimate of drug-likeness (QED) is 0.293. The van der Waals surface area contributed by atoms with Crippen LogP contribution in [0.3, 0.4) is 0 Å². The predicted octanol–water partition coefficient (Wildman–Crippen LogP) is 5.52. The maximum atomic E-state index is 13.7. The SMILES string of the molecule is COC(=O)N1C[C@@H](c2nc(-c3ccc(C(=O)Nc4cc(C(F)(F)F)ccn4)cc3)c3c(N)nccn23)CC[C@@H]1C(F)(F)F. The van der Waals surface area contributed by atoms with E-state index in [1.165, 1.54) is 30.5 Å². The third-order valence-corrected chi connectivity index (χ3v) is 7.09. The zero-order valence-electron chi connectivity index (χ0n) is 22.3. The molecule has 16 heteroatoms. The van der Waals surface area contributed by atoms with Gasteiger partial charge < -0.3 is 15.8 Å². The smallest absolute Gasteiger partial charge is 0.416 e.